The second kappa shape index (κ2) is 4.27. The van der Waals surface area contributed by atoms with Crippen LogP contribution in [0.5, 0.6) is 5.75 Å². The molecule has 90 valence electrons. The lowest BCUT2D eigenvalue weighted by molar-refractivity contribution is 0.415. The molecule has 0 amide bonds. The second-order valence-electron chi connectivity index (χ2n) is 3.84. The maximum absolute atomic E-state index is 5.33. The molecule has 0 fully saturated rings. The quantitative estimate of drug-likeness (QED) is 0.717. The highest BCUT2D eigenvalue weighted by Gasteiger charge is 2.06. The topological polar surface area (TPSA) is 42.8 Å². The molecule has 0 bridgehead atoms. The molecule has 0 saturated heterocycles. The number of H-pyrrole nitrogens is 1. The van der Waals surface area contributed by atoms with E-state index in [0.29, 0.717) is 4.77 Å². The second-order valence-corrected chi connectivity index (χ2v) is 4.22. The van der Waals surface area contributed by atoms with Gasteiger partial charge in [0.2, 0.25) is 0 Å². The summed E-state index contributed by atoms with van der Waals surface area (Å²) < 4.78 is 7.69. The minimum absolute atomic E-state index is 0.633. The lowest BCUT2D eigenvalue weighted by Crippen LogP contribution is -1.95. The summed E-state index contributed by atoms with van der Waals surface area (Å²) in [5.74, 6) is 0.818. The van der Waals surface area contributed by atoms with Gasteiger partial charge in [-0.2, -0.15) is 0 Å². The largest absolute Gasteiger partial charge is 0.497 e. The number of pyridine rings is 1. The number of nitrogens with zero attached hydrogens (tertiary/aromatic N) is 2. The molecule has 0 saturated carbocycles. The van der Waals surface area contributed by atoms with E-state index in [9.17, 15) is 0 Å². The van der Waals surface area contributed by atoms with Gasteiger partial charge in [0, 0.05) is 6.20 Å². The zero-order valence-corrected chi connectivity index (χ0v) is 10.6. The SMILES string of the molecule is COc1ccc(-n2c(=S)[nH]c3cccnc32)cc1. The van der Waals surface area contributed by atoms with Gasteiger partial charge >= 0.3 is 0 Å². The van der Waals surface area contributed by atoms with Crippen LogP contribution in [0.4, 0.5) is 0 Å². The Labute approximate surface area is 109 Å². The minimum atomic E-state index is 0.633. The van der Waals surface area contributed by atoms with Crippen LogP contribution in [0, 0.1) is 4.77 Å². The Morgan fingerprint density at radius 2 is 2.00 bits per heavy atom. The van der Waals surface area contributed by atoms with Crippen molar-refractivity contribution < 1.29 is 4.74 Å². The molecule has 0 unspecified atom stereocenters. The van der Waals surface area contributed by atoms with Gasteiger partial charge in [-0.1, -0.05) is 0 Å². The first-order valence-electron chi connectivity index (χ1n) is 5.50. The number of methoxy groups -OCH3 is 1. The van der Waals surface area contributed by atoms with E-state index in [1.807, 2.05) is 41.0 Å². The van der Waals surface area contributed by atoms with Crippen molar-refractivity contribution in [1.82, 2.24) is 14.5 Å². The van der Waals surface area contributed by atoms with Gasteiger partial charge in [-0.3, -0.25) is 4.57 Å². The van der Waals surface area contributed by atoms with Crippen LogP contribution in [-0.2, 0) is 0 Å². The van der Waals surface area contributed by atoms with Gasteiger partial charge in [0.05, 0.1) is 18.3 Å². The van der Waals surface area contributed by atoms with Crippen molar-refractivity contribution in [3.63, 3.8) is 0 Å². The Balaban J connectivity index is 2.24. The van der Waals surface area contributed by atoms with E-state index >= 15 is 0 Å². The predicted octanol–water partition coefficient (Wildman–Crippen LogP) is 3.09. The van der Waals surface area contributed by atoms with Gasteiger partial charge < -0.3 is 9.72 Å². The molecule has 2 heterocycles. The van der Waals surface area contributed by atoms with Crippen molar-refractivity contribution in [3.05, 3.63) is 47.4 Å². The van der Waals surface area contributed by atoms with Crippen LogP contribution in [0.1, 0.15) is 0 Å². The number of aromatic amines is 1. The number of ether oxygens (including phenoxy) is 1. The molecule has 18 heavy (non-hydrogen) atoms. The summed E-state index contributed by atoms with van der Waals surface area (Å²) in [6.07, 6.45) is 1.75. The minimum Gasteiger partial charge on any atom is -0.497 e. The van der Waals surface area contributed by atoms with Crippen molar-refractivity contribution in [2.24, 2.45) is 0 Å². The summed E-state index contributed by atoms with van der Waals surface area (Å²) in [6.45, 7) is 0. The standard InChI is InChI=1S/C13H11N3OS/c1-17-10-6-4-9(5-7-10)16-12-11(15-13(16)18)3-2-8-14-12/h2-8H,1H3,(H,15,18). The molecule has 4 nitrogen and oxygen atoms in total. The summed E-state index contributed by atoms with van der Waals surface area (Å²) in [5.41, 5.74) is 2.72. The highest BCUT2D eigenvalue weighted by molar-refractivity contribution is 7.71. The van der Waals surface area contributed by atoms with Crippen molar-refractivity contribution in [1.29, 1.82) is 0 Å². The third kappa shape index (κ3) is 1.69. The van der Waals surface area contributed by atoms with Gasteiger partial charge in [-0.15, -0.1) is 0 Å². The number of imidazole rings is 1. The fourth-order valence-electron chi connectivity index (χ4n) is 1.91. The number of hydrogen-bond acceptors (Lipinski definition) is 3. The van der Waals surface area contributed by atoms with E-state index in [-0.39, 0.29) is 0 Å². The van der Waals surface area contributed by atoms with E-state index in [0.717, 1.165) is 22.6 Å². The molecule has 0 atom stereocenters. The molecule has 1 aromatic carbocycles. The maximum Gasteiger partial charge on any atom is 0.183 e. The number of aromatic nitrogens is 3. The Morgan fingerprint density at radius 1 is 1.22 bits per heavy atom. The summed E-state index contributed by atoms with van der Waals surface area (Å²) >= 11 is 5.33. The molecule has 0 aliphatic carbocycles. The van der Waals surface area contributed by atoms with E-state index in [1.165, 1.54) is 0 Å². The monoisotopic (exact) mass is 257 g/mol. The fourth-order valence-corrected chi connectivity index (χ4v) is 2.21. The third-order valence-corrected chi connectivity index (χ3v) is 3.06. The molecule has 3 rings (SSSR count). The molecule has 2 aromatic heterocycles. The number of rotatable bonds is 2. The number of benzene rings is 1. The summed E-state index contributed by atoms with van der Waals surface area (Å²) in [6, 6.07) is 11.6. The highest BCUT2D eigenvalue weighted by Crippen LogP contribution is 2.19. The summed E-state index contributed by atoms with van der Waals surface area (Å²) in [4.78, 5) is 7.49. The van der Waals surface area contributed by atoms with E-state index in [1.54, 1.807) is 13.3 Å². The Hall–Kier alpha value is -2.14. The molecule has 3 aromatic rings. The molecule has 0 aliphatic heterocycles. The van der Waals surface area contributed by atoms with Crippen LogP contribution in [0.2, 0.25) is 0 Å². The van der Waals surface area contributed by atoms with Gasteiger partial charge in [0.25, 0.3) is 0 Å². The average molecular weight is 257 g/mol. The average Bonchev–Trinajstić information content (AvgIpc) is 2.75. The van der Waals surface area contributed by atoms with Crippen LogP contribution in [0.15, 0.2) is 42.6 Å². The zero-order valence-electron chi connectivity index (χ0n) is 9.75. The molecule has 1 N–H and O–H groups in total. The van der Waals surface area contributed by atoms with Crippen molar-refractivity contribution in [2.45, 2.75) is 0 Å². The molecule has 0 radical (unpaired) electrons. The lowest BCUT2D eigenvalue weighted by atomic mass is 10.3. The lowest BCUT2D eigenvalue weighted by Gasteiger charge is -2.05. The number of hydrogen-bond donors (Lipinski definition) is 1. The van der Waals surface area contributed by atoms with E-state index in [2.05, 4.69) is 9.97 Å². The first kappa shape index (κ1) is 11.0. The smallest absolute Gasteiger partial charge is 0.183 e. The maximum atomic E-state index is 5.33. The van der Waals surface area contributed by atoms with Gasteiger partial charge in [0.15, 0.2) is 10.4 Å². The summed E-state index contributed by atoms with van der Waals surface area (Å²) in [7, 11) is 1.65. The molecule has 0 aliphatic rings. The Bertz CT molecular complexity index is 743. The highest BCUT2D eigenvalue weighted by atomic mass is 32.1. The molecular formula is C13H11N3OS. The Kier molecular flexibility index (Phi) is 2.60. The van der Waals surface area contributed by atoms with E-state index in [4.69, 9.17) is 17.0 Å². The molecule has 5 heteroatoms. The van der Waals surface area contributed by atoms with Crippen LogP contribution in [-0.4, -0.2) is 21.6 Å². The summed E-state index contributed by atoms with van der Waals surface area (Å²) in [5, 5.41) is 0. The van der Waals surface area contributed by atoms with Gasteiger partial charge in [0.1, 0.15) is 5.75 Å². The molecule has 0 spiro atoms. The first-order chi connectivity index (χ1) is 8.79. The number of fused-ring (bicyclic) bond motifs is 1. The van der Waals surface area contributed by atoms with Gasteiger partial charge in [-0.05, 0) is 48.6 Å². The normalized spacial score (nSPS) is 10.7. The molecular weight excluding hydrogens is 246 g/mol. The Morgan fingerprint density at radius 3 is 2.72 bits per heavy atom. The van der Waals surface area contributed by atoms with Crippen LogP contribution in [0.3, 0.4) is 0 Å². The van der Waals surface area contributed by atoms with Gasteiger partial charge in [-0.25, -0.2) is 4.98 Å². The predicted molar refractivity (Wildman–Crippen MR) is 72.8 cm³/mol. The fraction of sp³-hybridized carbons (Fsp3) is 0.0769. The zero-order chi connectivity index (χ0) is 12.5. The van der Waals surface area contributed by atoms with Crippen LogP contribution >= 0.6 is 12.2 Å². The van der Waals surface area contributed by atoms with Crippen molar-refractivity contribution in [3.8, 4) is 11.4 Å². The van der Waals surface area contributed by atoms with E-state index < -0.39 is 0 Å². The first-order valence-corrected chi connectivity index (χ1v) is 5.90. The van der Waals surface area contributed by atoms with Crippen LogP contribution in [0.25, 0.3) is 16.9 Å². The third-order valence-electron chi connectivity index (χ3n) is 2.77. The number of nitrogens with one attached hydrogen (secondary N) is 1. The van der Waals surface area contributed by atoms with Crippen LogP contribution < -0.4 is 4.74 Å². The van der Waals surface area contributed by atoms with Crippen molar-refractivity contribution >= 4 is 23.4 Å². The van der Waals surface area contributed by atoms with Crippen molar-refractivity contribution in [2.75, 3.05) is 7.11 Å².